The molecule has 7 nitrogen and oxygen atoms in total. The molecule has 0 bridgehead atoms. The minimum atomic E-state index is -1.24. The predicted octanol–water partition coefficient (Wildman–Crippen LogP) is 1.16. The highest BCUT2D eigenvalue weighted by molar-refractivity contribution is 5.83. The van der Waals surface area contributed by atoms with Crippen molar-refractivity contribution < 1.29 is 23.9 Å². The van der Waals surface area contributed by atoms with Crippen molar-refractivity contribution in [2.24, 2.45) is 0 Å². The number of benzene rings is 1. The normalized spacial score (nSPS) is 12.7. The fraction of sp³-hybridized carbons (Fsp3) is 0.100. The molecular formula is C10H6N2O5. The molecule has 2 aromatic rings. The van der Waals surface area contributed by atoms with Crippen LogP contribution < -0.4 is 9.47 Å². The third-order valence-corrected chi connectivity index (χ3v) is 2.24. The van der Waals surface area contributed by atoms with Crippen LogP contribution in [0.25, 0.3) is 11.5 Å². The van der Waals surface area contributed by atoms with Gasteiger partial charge in [-0.3, -0.25) is 0 Å². The van der Waals surface area contributed by atoms with Gasteiger partial charge < -0.3 is 19.1 Å². The highest BCUT2D eigenvalue weighted by Gasteiger charge is 2.18. The van der Waals surface area contributed by atoms with E-state index in [2.05, 4.69) is 10.1 Å². The molecule has 0 saturated carbocycles. The van der Waals surface area contributed by atoms with Crippen molar-refractivity contribution in [1.82, 2.24) is 10.1 Å². The van der Waals surface area contributed by atoms with E-state index in [0.717, 1.165) is 0 Å². The van der Waals surface area contributed by atoms with Gasteiger partial charge in [-0.2, -0.15) is 4.98 Å². The molecule has 0 radical (unpaired) electrons. The van der Waals surface area contributed by atoms with E-state index in [-0.39, 0.29) is 18.5 Å². The first-order chi connectivity index (χ1) is 8.24. The molecule has 86 valence electrons. The van der Waals surface area contributed by atoms with Crippen molar-refractivity contribution in [2.75, 3.05) is 6.79 Å². The summed E-state index contributed by atoms with van der Waals surface area (Å²) in [5.41, 5.74) is 0.578. The molecule has 3 rings (SSSR count). The van der Waals surface area contributed by atoms with Crippen molar-refractivity contribution in [1.29, 1.82) is 0 Å². The lowest BCUT2D eigenvalue weighted by Gasteiger charge is -1.97. The van der Waals surface area contributed by atoms with E-state index >= 15 is 0 Å². The van der Waals surface area contributed by atoms with E-state index in [1.807, 2.05) is 0 Å². The Kier molecular flexibility index (Phi) is 1.97. The van der Waals surface area contributed by atoms with Crippen LogP contribution in [-0.2, 0) is 0 Å². The van der Waals surface area contributed by atoms with Crippen molar-refractivity contribution in [2.45, 2.75) is 0 Å². The second kappa shape index (κ2) is 3.48. The number of hydrogen-bond acceptors (Lipinski definition) is 6. The molecule has 0 fully saturated rings. The summed E-state index contributed by atoms with van der Waals surface area (Å²) in [5.74, 6) is -0.289. The van der Waals surface area contributed by atoms with Crippen molar-refractivity contribution >= 4 is 5.97 Å². The third kappa shape index (κ3) is 1.57. The number of carbonyl (C=O) groups is 1. The number of aromatic nitrogens is 2. The van der Waals surface area contributed by atoms with Gasteiger partial charge in [-0.15, -0.1) is 0 Å². The van der Waals surface area contributed by atoms with Crippen LogP contribution >= 0.6 is 0 Å². The summed E-state index contributed by atoms with van der Waals surface area (Å²) in [5, 5.41) is 12.0. The third-order valence-electron chi connectivity index (χ3n) is 2.24. The van der Waals surface area contributed by atoms with Crippen LogP contribution in [0.3, 0.4) is 0 Å². The Hall–Kier alpha value is -2.57. The number of nitrogens with zero attached hydrogens (tertiary/aromatic N) is 2. The van der Waals surface area contributed by atoms with Crippen LogP contribution in [0.5, 0.6) is 11.5 Å². The molecule has 2 heterocycles. The van der Waals surface area contributed by atoms with Crippen molar-refractivity contribution in [3.8, 4) is 23.0 Å². The zero-order chi connectivity index (χ0) is 11.8. The summed E-state index contributed by atoms with van der Waals surface area (Å²) in [4.78, 5) is 14.3. The smallest absolute Gasteiger partial charge is 0.377 e. The van der Waals surface area contributed by atoms with E-state index in [9.17, 15) is 4.79 Å². The Morgan fingerprint density at radius 2 is 2.12 bits per heavy atom. The first-order valence-corrected chi connectivity index (χ1v) is 4.71. The Balaban J connectivity index is 2.00. The van der Waals surface area contributed by atoms with Crippen molar-refractivity contribution in [3.05, 3.63) is 24.0 Å². The molecule has 17 heavy (non-hydrogen) atoms. The monoisotopic (exact) mass is 234 g/mol. The topological polar surface area (TPSA) is 94.7 Å². The lowest BCUT2D eigenvalue weighted by molar-refractivity contribution is 0.0680. The van der Waals surface area contributed by atoms with Crippen LogP contribution in [-0.4, -0.2) is 28.0 Å². The first kappa shape index (κ1) is 9.64. The highest BCUT2D eigenvalue weighted by Crippen LogP contribution is 2.35. The van der Waals surface area contributed by atoms with Crippen LogP contribution in [0.1, 0.15) is 10.6 Å². The summed E-state index contributed by atoms with van der Waals surface area (Å²) < 4.78 is 15.2. The predicted molar refractivity (Wildman–Crippen MR) is 52.8 cm³/mol. The van der Waals surface area contributed by atoms with E-state index < -0.39 is 5.97 Å². The molecule has 1 aliphatic heterocycles. The lowest BCUT2D eigenvalue weighted by Crippen LogP contribution is -1.98. The lowest BCUT2D eigenvalue weighted by atomic mass is 10.2. The van der Waals surface area contributed by atoms with Gasteiger partial charge in [-0.25, -0.2) is 4.79 Å². The maximum atomic E-state index is 10.6. The Morgan fingerprint density at radius 1 is 1.29 bits per heavy atom. The first-order valence-electron chi connectivity index (χ1n) is 4.71. The number of carboxylic acids is 1. The molecule has 1 aliphatic rings. The average molecular weight is 234 g/mol. The molecule has 7 heteroatoms. The molecule has 0 atom stereocenters. The zero-order valence-electron chi connectivity index (χ0n) is 8.41. The van der Waals surface area contributed by atoms with E-state index in [4.69, 9.17) is 19.1 Å². The number of carboxylic acid groups (broad SMARTS) is 1. The Bertz CT molecular complexity index is 592. The maximum absolute atomic E-state index is 10.6. The molecule has 0 saturated heterocycles. The Labute approximate surface area is 94.6 Å². The number of ether oxygens (including phenoxy) is 2. The molecule has 0 aliphatic carbocycles. The molecule has 0 amide bonds. The molecule has 1 aromatic carbocycles. The van der Waals surface area contributed by atoms with Gasteiger partial charge in [-0.05, 0) is 23.4 Å². The van der Waals surface area contributed by atoms with Crippen LogP contribution in [0.4, 0.5) is 0 Å². The molecule has 0 spiro atoms. The quantitative estimate of drug-likeness (QED) is 0.832. The van der Waals surface area contributed by atoms with E-state index in [0.29, 0.717) is 17.1 Å². The second-order valence-electron chi connectivity index (χ2n) is 3.30. The summed E-state index contributed by atoms with van der Waals surface area (Å²) in [6, 6.07) is 5.04. The number of rotatable bonds is 2. The van der Waals surface area contributed by atoms with Gasteiger partial charge >= 0.3 is 5.97 Å². The fourth-order valence-electron chi connectivity index (χ4n) is 1.46. The van der Waals surface area contributed by atoms with Crippen LogP contribution in [0.2, 0.25) is 0 Å². The standard InChI is InChI=1S/C10H6N2O5/c13-10(14)8-11-9(17-12-8)5-1-2-6-7(3-5)16-4-15-6/h1-3H,4H2,(H,13,14). The minimum absolute atomic E-state index is 0.126. The molecular weight excluding hydrogens is 228 g/mol. The highest BCUT2D eigenvalue weighted by atomic mass is 16.7. The van der Waals surface area contributed by atoms with Crippen LogP contribution in [0.15, 0.2) is 22.7 Å². The van der Waals surface area contributed by atoms with Gasteiger partial charge in [0.2, 0.25) is 6.79 Å². The van der Waals surface area contributed by atoms with E-state index in [1.165, 1.54) is 0 Å². The van der Waals surface area contributed by atoms with Crippen LogP contribution in [0, 0.1) is 0 Å². The average Bonchev–Trinajstić information content (AvgIpc) is 2.97. The molecule has 0 unspecified atom stereocenters. The number of hydrogen-bond donors (Lipinski definition) is 1. The minimum Gasteiger partial charge on any atom is -0.475 e. The maximum Gasteiger partial charge on any atom is 0.377 e. The molecule has 1 N–H and O–H groups in total. The van der Waals surface area contributed by atoms with Gasteiger partial charge in [0, 0.05) is 5.56 Å². The second-order valence-corrected chi connectivity index (χ2v) is 3.30. The molecule has 1 aromatic heterocycles. The summed E-state index contributed by atoms with van der Waals surface area (Å²) in [6.07, 6.45) is 0. The van der Waals surface area contributed by atoms with E-state index in [1.54, 1.807) is 18.2 Å². The summed E-state index contributed by atoms with van der Waals surface area (Å²) >= 11 is 0. The summed E-state index contributed by atoms with van der Waals surface area (Å²) in [7, 11) is 0. The van der Waals surface area contributed by atoms with Gasteiger partial charge in [0.05, 0.1) is 0 Å². The fourth-order valence-corrected chi connectivity index (χ4v) is 1.46. The Morgan fingerprint density at radius 3 is 2.88 bits per heavy atom. The SMILES string of the molecule is O=C(O)c1noc(-c2ccc3c(c2)OCO3)n1. The van der Waals surface area contributed by atoms with Gasteiger partial charge in [0.15, 0.2) is 11.5 Å². The zero-order valence-corrected chi connectivity index (χ0v) is 8.41. The largest absolute Gasteiger partial charge is 0.475 e. The summed E-state index contributed by atoms with van der Waals surface area (Å²) in [6.45, 7) is 0.170. The van der Waals surface area contributed by atoms with Gasteiger partial charge in [0.1, 0.15) is 0 Å². The van der Waals surface area contributed by atoms with Crippen molar-refractivity contribution in [3.63, 3.8) is 0 Å². The van der Waals surface area contributed by atoms with Gasteiger partial charge in [-0.1, -0.05) is 0 Å². The number of fused-ring (bicyclic) bond motifs is 1. The number of aromatic carboxylic acids is 1. The van der Waals surface area contributed by atoms with Gasteiger partial charge in [0.25, 0.3) is 11.7 Å².